The van der Waals surface area contributed by atoms with Crippen molar-refractivity contribution in [1.29, 1.82) is 0 Å². The number of benzene rings is 1. The van der Waals surface area contributed by atoms with Crippen molar-refractivity contribution in [2.75, 3.05) is 13.2 Å². The van der Waals surface area contributed by atoms with E-state index in [1.165, 1.54) is 17.4 Å². The number of amides is 2. The Morgan fingerprint density at radius 3 is 2.80 bits per heavy atom. The maximum Gasteiger partial charge on any atom is 0.331 e. The van der Waals surface area contributed by atoms with E-state index in [0.29, 0.717) is 11.6 Å². The minimum Gasteiger partial charge on any atom is -0.452 e. The summed E-state index contributed by atoms with van der Waals surface area (Å²) in [5, 5.41) is 5.71. The largest absolute Gasteiger partial charge is 0.452 e. The summed E-state index contributed by atoms with van der Waals surface area (Å²) in [6.45, 7) is 3.36. The van der Waals surface area contributed by atoms with Crippen LogP contribution in [0.1, 0.15) is 18.9 Å². The number of thiazole rings is 1. The second-order valence-corrected chi connectivity index (χ2v) is 6.21. The molecule has 2 N–H and O–H groups in total. The molecule has 1 heterocycles. The number of hydrogen-bond donors (Lipinski definition) is 2. The zero-order chi connectivity index (χ0) is 18.2. The topological polar surface area (TPSA) is 97.4 Å². The number of aromatic nitrogens is 1. The van der Waals surface area contributed by atoms with Gasteiger partial charge in [0.1, 0.15) is 11.0 Å². The molecule has 2 aromatic rings. The maximum atomic E-state index is 11.7. The fourth-order valence-corrected chi connectivity index (χ4v) is 2.83. The lowest BCUT2D eigenvalue weighted by atomic mass is 10.3. The van der Waals surface area contributed by atoms with Gasteiger partial charge in [0.15, 0.2) is 6.61 Å². The van der Waals surface area contributed by atoms with E-state index in [4.69, 9.17) is 4.74 Å². The number of ether oxygens (including phenoxy) is 1. The molecule has 1 aromatic heterocycles. The SMILES string of the molecule is CCNC(=O)[C@@H](C)NC(=O)COC(=O)/C=C/c1nc2ccccc2s1. The molecule has 0 aliphatic rings. The first-order chi connectivity index (χ1) is 12.0. The van der Waals surface area contributed by atoms with Crippen molar-refractivity contribution < 1.29 is 19.1 Å². The summed E-state index contributed by atoms with van der Waals surface area (Å²) < 4.78 is 5.87. The van der Waals surface area contributed by atoms with Crippen LogP contribution in [0.5, 0.6) is 0 Å². The first-order valence-corrected chi connectivity index (χ1v) is 8.58. The minimum absolute atomic E-state index is 0.294. The summed E-state index contributed by atoms with van der Waals surface area (Å²) in [6.07, 6.45) is 2.76. The van der Waals surface area contributed by atoms with E-state index < -0.39 is 24.5 Å². The van der Waals surface area contributed by atoms with Crippen LogP contribution < -0.4 is 10.6 Å². The summed E-state index contributed by atoms with van der Waals surface area (Å²) in [4.78, 5) is 39.2. The van der Waals surface area contributed by atoms with Gasteiger partial charge in [-0.05, 0) is 32.1 Å². The van der Waals surface area contributed by atoms with E-state index in [0.717, 1.165) is 10.2 Å². The number of para-hydroxylation sites is 1. The lowest BCUT2D eigenvalue weighted by molar-refractivity contribution is -0.144. The molecule has 0 bridgehead atoms. The van der Waals surface area contributed by atoms with Crippen molar-refractivity contribution in [2.24, 2.45) is 0 Å². The van der Waals surface area contributed by atoms with Gasteiger partial charge in [-0.25, -0.2) is 9.78 Å². The Kier molecular flexibility index (Phi) is 6.64. The zero-order valence-electron chi connectivity index (χ0n) is 13.9. The number of carbonyl (C=O) groups excluding carboxylic acids is 3. The van der Waals surface area contributed by atoms with Gasteiger partial charge in [0.05, 0.1) is 10.2 Å². The molecule has 0 spiro atoms. The quantitative estimate of drug-likeness (QED) is 0.575. The molecular formula is C17H19N3O4S. The molecule has 0 saturated heterocycles. The van der Waals surface area contributed by atoms with Crippen LogP contribution in [0, 0.1) is 0 Å². The number of carbonyl (C=O) groups is 3. The molecule has 1 aromatic carbocycles. The van der Waals surface area contributed by atoms with E-state index in [1.54, 1.807) is 19.9 Å². The molecule has 7 nitrogen and oxygen atoms in total. The molecule has 132 valence electrons. The van der Waals surface area contributed by atoms with E-state index in [-0.39, 0.29) is 5.91 Å². The summed E-state index contributed by atoms with van der Waals surface area (Å²) in [7, 11) is 0. The fraction of sp³-hybridized carbons (Fsp3) is 0.294. The molecule has 2 amide bonds. The minimum atomic E-state index is -0.690. The number of hydrogen-bond acceptors (Lipinski definition) is 6. The molecular weight excluding hydrogens is 342 g/mol. The first kappa shape index (κ1) is 18.6. The van der Waals surface area contributed by atoms with Crippen molar-refractivity contribution in [3.63, 3.8) is 0 Å². The average molecular weight is 361 g/mol. The van der Waals surface area contributed by atoms with Gasteiger partial charge in [0, 0.05) is 12.6 Å². The molecule has 25 heavy (non-hydrogen) atoms. The van der Waals surface area contributed by atoms with Crippen molar-refractivity contribution >= 4 is 45.4 Å². The summed E-state index contributed by atoms with van der Waals surface area (Å²) in [5.41, 5.74) is 0.860. The Morgan fingerprint density at radius 1 is 1.32 bits per heavy atom. The van der Waals surface area contributed by atoms with Gasteiger partial charge in [0.2, 0.25) is 5.91 Å². The highest BCUT2D eigenvalue weighted by Gasteiger charge is 2.15. The van der Waals surface area contributed by atoms with Crippen LogP contribution in [0.3, 0.4) is 0 Å². The first-order valence-electron chi connectivity index (χ1n) is 7.77. The van der Waals surface area contributed by atoms with Crippen molar-refractivity contribution in [3.05, 3.63) is 35.3 Å². The van der Waals surface area contributed by atoms with Crippen LogP contribution in [0.15, 0.2) is 30.3 Å². The standard InChI is InChI=1S/C17H19N3O4S/c1-3-18-17(23)11(2)19-14(21)10-24-16(22)9-8-15-20-12-6-4-5-7-13(12)25-15/h4-9,11H,3,10H2,1-2H3,(H,18,23)(H,19,21)/b9-8+/t11-/m1/s1. The molecule has 0 aliphatic carbocycles. The predicted molar refractivity (Wildman–Crippen MR) is 95.9 cm³/mol. The molecule has 8 heteroatoms. The lowest BCUT2D eigenvalue weighted by Crippen LogP contribution is -2.46. The molecule has 0 saturated carbocycles. The van der Waals surface area contributed by atoms with E-state index >= 15 is 0 Å². The summed E-state index contributed by atoms with van der Waals surface area (Å²) in [5.74, 6) is -1.49. The van der Waals surface area contributed by atoms with E-state index in [1.807, 2.05) is 24.3 Å². The Morgan fingerprint density at radius 2 is 2.08 bits per heavy atom. The van der Waals surface area contributed by atoms with Gasteiger partial charge in [-0.2, -0.15) is 0 Å². The number of likely N-dealkylation sites (N-methyl/N-ethyl adjacent to an activating group) is 1. The van der Waals surface area contributed by atoms with E-state index in [2.05, 4.69) is 15.6 Å². The molecule has 2 rings (SSSR count). The summed E-state index contributed by atoms with van der Waals surface area (Å²) >= 11 is 1.45. The van der Waals surface area contributed by atoms with Crippen molar-refractivity contribution in [3.8, 4) is 0 Å². The highest BCUT2D eigenvalue weighted by molar-refractivity contribution is 7.19. The smallest absolute Gasteiger partial charge is 0.331 e. The maximum absolute atomic E-state index is 11.7. The molecule has 1 atom stereocenters. The summed E-state index contributed by atoms with van der Waals surface area (Å²) in [6, 6.07) is 6.96. The molecule has 0 fully saturated rings. The van der Waals surface area contributed by atoms with Crippen molar-refractivity contribution in [2.45, 2.75) is 19.9 Å². The van der Waals surface area contributed by atoms with Gasteiger partial charge < -0.3 is 15.4 Å². The van der Waals surface area contributed by atoms with Gasteiger partial charge >= 0.3 is 5.97 Å². The lowest BCUT2D eigenvalue weighted by Gasteiger charge is -2.12. The fourth-order valence-electron chi connectivity index (χ4n) is 1.96. The van der Waals surface area contributed by atoms with Crippen LogP contribution in [-0.4, -0.2) is 42.0 Å². The highest BCUT2D eigenvalue weighted by Crippen LogP contribution is 2.22. The Hall–Kier alpha value is -2.74. The Balaban J connectivity index is 1.79. The van der Waals surface area contributed by atoms with Gasteiger partial charge in [-0.15, -0.1) is 11.3 Å². The number of nitrogens with zero attached hydrogens (tertiary/aromatic N) is 1. The van der Waals surface area contributed by atoms with Crippen LogP contribution in [0.25, 0.3) is 16.3 Å². The number of nitrogens with one attached hydrogen (secondary N) is 2. The molecule has 0 unspecified atom stereocenters. The Labute approximate surface area is 149 Å². The number of rotatable bonds is 7. The van der Waals surface area contributed by atoms with E-state index in [9.17, 15) is 14.4 Å². The third-order valence-electron chi connectivity index (χ3n) is 3.14. The third-order valence-corrected chi connectivity index (χ3v) is 4.14. The second-order valence-electron chi connectivity index (χ2n) is 5.14. The van der Waals surface area contributed by atoms with Crippen LogP contribution in [-0.2, 0) is 19.1 Å². The van der Waals surface area contributed by atoms with Crippen LogP contribution >= 0.6 is 11.3 Å². The predicted octanol–water partition coefficient (Wildman–Crippen LogP) is 1.49. The van der Waals surface area contributed by atoms with Crippen molar-refractivity contribution in [1.82, 2.24) is 15.6 Å². The Bertz CT molecular complexity index is 767. The number of esters is 1. The van der Waals surface area contributed by atoms with Gasteiger partial charge in [-0.1, -0.05) is 12.1 Å². The monoisotopic (exact) mass is 361 g/mol. The van der Waals surface area contributed by atoms with Gasteiger partial charge in [-0.3, -0.25) is 9.59 Å². The van der Waals surface area contributed by atoms with Crippen LogP contribution in [0.2, 0.25) is 0 Å². The van der Waals surface area contributed by atoms with Crippen LogP contribution in [0.4, 0.5) is 0 Å². The molecule has 0 radical (unpaired) electrons. The highest BCUT2D eigenvalue weighted by atomic mass is 32.1. The second kappa shape index (κ2) is 8.93. The number of fused-ring (bicyclic) bond motifs is 1. The normalized spacial score (nSPS) is 12.1. The molecule has 0 aliphatic heterocycles. The zero-order valence-corrected chi connectivity index (χ0v) is 14.8. The average Bonchev–Trinajstić information content (AvgIpc) is 3.01. The third kappa shape index (κ3) is 5.68. The van der Waals surface area contributed by atoms with Gasteiger partial charge in [0.25, 0.3) is 5.91 Å².